The highest BCUT2D eigenvalue weighted by Crippen LogP contribution is 2.20. The minimum absolute atomic E-state index is 0.181. The maximum atomic E-state index is 11.4. The van der Waals surface area contributed by atoms with Gasteiger partial charge in [0, 0.05) is 35.9 Å². The van der Waals surface area contributed by atoms with Crippen LogP contribution in [0.5, 0.6) is 0 Å². The highest BCUT2D eigenvalue weighted by molar-refractivity contribution is 6.30. The van der Waals surface area contributed by atoms with Gasteiger partial charge in [0.1, 0.15) is 5.82 Å². The fourth-order valence-corrected chi connectivity index (χ4v) is 4.31. The standard InChI is InChI=1S/C16H25N3.C10H11ClN2O2.CH2O2/c1-2-11-19(12-3-1)13-5-7-15-9-8-14-6-4-10-17-16(14)18-15;11-9-3-1-8(2-4-9)10(15)13-6-5-12-7-14;2-1-3/h8-9H,1-7,10-13H2,(H,17,18);1-4,7H,5-6H2,(H,12,14)(H,13,15);1H,(H,2,3). The van der Waals surface area contributed by atoms with E-state index in [0.29, 0.717) is 30.1 Å². The molecule has 0 bridgehead atoms. The maximum Gasteiger partial charge on any atom is 0.290 e. The van der Waals surface area contributed by atoms with E-state index in [1.54, 1.807) is 24.3 Å². The SMILES string of the molecule is O=CNCCNC(=O)c1ccc(Cl)cc1.O=CO.c1cc2c(nc1CCCN1CCCCC1)NCCC2. The van der Waals surface area contributed by atoms with Crippen LogP contribution in [0.15, 0.2) is 36.4 Å². The number of pyridine rings is 1. The molecule has 2 amide bonds. The normalized spacial score (nSPS) is 14.3. The number of halogens is 1. The number of rotatable bonds is 9. The molecule has 0 atom stereocenters. The fraction of sp³-hybridized carbons (Fsp3) is 0.481. The quantitative estimate of drug-likeness (QED) is 0.289. The van der Waals surface area contributed by atoms with Gasteiger partial charge in [-0.3, -0.25) is 14.4 Å². The number of benzene rings is 1. The third-order valence-corrected chi connectivity index (χ3v) is 6.30. The summed E-state index contributed by atoms with van der Waals surface area (Å²) in [6.45, 7) is 5.50. The lowest BCUT2D eigenvalue weighted by molar-refractivity contribution is -0.122. The van der Waals surface area contributed by atoms with E-state index in [4.69, 9.17) is 26.5 Å². The van der Waals surface area contributed by atoms with Crippen LogP contribution in [0.1, 0.15) is 53.7 Å². The van der Waals surface area contributed by atoms with Crippen LogP contribution in [-0.2, 0) is 22.4 Å². The van der Waals surface area contributed by atoms with Gasteiger partial charge in [-0.25, -0.2) is 4.98 Å². The van der Waals surface area contributed by atoms with E-state index in [1.807, 2.05) is 0 Å². The van der Waals surface area contributed by atoms with E-state index in [2.05, 4.69) is 33.0 Å². The molecule has 10 heteroatoms. The molecular formula is C27H38ClN5O4. The first-order chi connectivity index (χ1) is 18.1. The molecule has 1 aromatic heterocycles. The number of anilines is 1. The van der Waals surface area contributed by atoms with Gasteiger partial charge < -0.3 is 26.0 Å². The van der Waals surface area contributed by atoms with E-state index >= 15 is 0 Å². The van der Waals surface area contributed by atoms with Crippen LogP contribution in [0, 0.1) is 0 Å². The first kappa shape index (κ1) is 30.1. The lowest BCUT2D eigenvalue weighted by atomic mass is 10.1. The predicted octanol–water partition coefficient (Wildman–Crippen LogP) is 3.37. The number of fused-ring (bicyclic) bond motifs is 1. The van der Waals surface area contributed by atoms with Crippen molar-refractivity contribution in [1.29, 1.82) is 0 Å². The van der Waals surface area contributed by atoms with Crippen molar-refractivity contribution in [3.8, 4) is 0 Å². The second-order valence-electron chi connectivity index (χ2n) is 8.79. The zero-order valence-electron chi connectivity index (χ0n) is 21.3. The summed E-state index contributed by atoms with van der Waals surface area (Å²) >= 11 is 5.68. The topological polar surface area (TPSA) is 124 Å². The first-order valence-corrected chi connectivity index (χ1v) is 13.2. The summed E-state index contributed by atoms with van der Waals surface area (Å²) in [6, 6.07) is 11.1. The molecule has 37 heavy (non-hydrogen) atoms. The number of amides is 2. The van der Waals surface area contributed by atoms with Gasteiger partial charge in [-0.1, -0.05) is 24.1 Å². The minimum atomic E-state index is -0.250. The van der Waals surface area contributed by atoms with Gasteiger partial charge in [0.25, 0.3) is 12.4 Å². The van der Waals surface area contributed by atoms with Gasteiger partial charge in [-0.15, -0.1) is 0 Å². The second-order valence-corrected chi connectivity index (χ2v) is 9.22. The van der Waals surface area contributed by atoms with Crippen molar-refractivity contribution in [2.45, 2.75) is 44.9 Å². The predicted molar refractivity (Wildman–Crippen MR) is 146 cm³/mol. The van der Waals surface area contributed by atoms with Crippen molar-refractivity contribution in [2.75, 3.05) is 44.6 Å². The number of aryl methyl sites for hydroxylation is 2. The molecule has 2 aliphatic rings. The third-order valence-electron chi connectivity index (χ3n) is 6.05. The Kier molecular flexibility index (Phi) is 14.7. The summed E-state index contributed by atoms with van der Waals surface area (Å²) < 4.78 is 0. The Labute approximate surface area is 224 Å². The van der Waals surface area contributed by atoms with Crippen LogP contribution < -0.4 is 16.0 Å². The Bertz CT molecular complexity index is 952. The molecule has 2 aliphatic heterocycles. The molecule has 0 aliphatic carbocycles. The van der Waals surface area contributed by atoms with Gasteiger partial charge in [0.2, 0.25) is 6.41 Å². The first-order valence-electron chi connectivity index (χ1n) is 12.8. The molecule has 1 fully saturated rings. The highest BCUT2D eigenvalue weighted by Gasteiger charge is 2.12. The highest BCUT2D eigenvalue weighted by atomic mass is 35.5. The number of hydrogen-bond donors (Lipinski definition) is 4. The Balaban J connectivity index is 0.000000242. The molecule has 0 spiro atoms. The van der Waals surface area contributed by atoms with E-state index in [9.17, 15) is 9.59 Å². The van der Waals surface area contributed by atoms with Crippen molar-refractivity contribution in [3.05, 3.63) is 58.2 Å². The van der Waals surface area contributed by atoms with Crippen molar-refractivity contribution in [2.24, 2.45) is 0 Å². The zero-order valence-corrected chi connectivity index (χ0v) is 22.0. The van der Waals surface area contributed by atoms with E-state index in [1.165, 1.54) is 69.4 Å². The average Bonchev–Trinajstić information content (AvgIpc) is 2.93. The lowest BCUT2D eigenvalue weighted by Gasteiger charge is -2.26. The van der Waals surface area contributed by atoms with Crippen molar-refractivity contribution >= 4 is 36.2 Å². The van der Waals surface area contributed by atoms with Gasteiger partial charge in [-0.05, 0) is 94.1 Å². The summed E-state index contributed by atoms with van der Waals surface area (Å²) in [5.74, 6) is 0.959. The summed E-state index contributed by atoms with van der Waals surface area (Å²) in [5, 5.41) is 16.0. The molecule has 9 nitrogen and oxygen atoms in total. The Morgan fingerprint density at radius 1 is 1.05 bits per heavy atom. The summed E-state index contributed by atoms with van der Waals surface area (Å²) in [5.41, 5.74) is 3.20. The van der Waals surface area contributed by atoms with E-state index in [-0.39, 0.29) is 12.4 Å². The fourth-order valence-electron chi connectivity index (χ4n) is 4.19. The number of nitrogens with zero attached hydrogens (tertiary/aromatic N) is 2. The molecule has 4 rings (SSSR count). The van der Waals surface area contributed by atoms with Crippen molar-refractivity contribution in [3.63, 3.8) is 0 Å². The number of likely N-dealkylation sites (tertiary alicyclic amines) is 1. The molecule has 3 heterocycles. The number of piperidine rings is 1. The van der Waals surface area contributed by atoms with Gasteiger partial charge in [0.15, 0.2) is 0 Å². The molecule has 0 radical (unpaired) electrons. The van der Waals surface area contributed by atoms with Crippen LogP contribution in [0.25, 0.3) is 0 Å². The van der Waals surface area contributed by atoms with Crippen LogP contribution in [0.4, 0.5) is 5.82 Å². The van der Waals surface area contributed by atoms with Crippen LogP contribution in [0.3, 0.4) is 0 Å². The second kappa shape index (κ2) is 18.1. The Morgan fingerprint density at radius 3 is 2.49 bits per heavy atom. The monoisotopic (exact) mass is 531 g/mol. The van der Waals surface area contributed by atoms with Crippen LogP contribution >= 0.6 is 11.6 Å². The molecule has 0 unspecified atom stereocenters. The zero-order chi connectivity index (χ0) is 26.7. The van der Waals surface area contributed by atoms with Gasteiger partial charge in [0.05, 0.1) is 0 Å². The Hall–Kier alpha value is -3.17. The van der Waals surface area contributed by atoms with Crippen molar-refractivity contribution in [1.82, 2.24) is 20.5 Å². The molecular weight excluding hydrogens is 494 g/mol. The summed E-state index contributed by atoms with van der Waals surface area (Å²) in [6.07, 6.45) is 9.58. The third kappa shape index (κ3) is 12.1. The number of carbonyl (C=O) groups is 3. The molecule has 1 saturated heterocycles. The number of hydrogen-bond acceptors (Lipinski definition) is 6. The smallest absolute Gasteiger partial charge is 0.290 e. The number of nitrogens with one attached hydrogen (secondary N) is 3. The average molecular weight is 532 g/mol. The van der Waals surface area contributed by atoms with E-state index in [0.717, 1.165) is 18.8 Å². The molecule has 0 saturated carbocycles. The molecule has 202 valence electrons. The lowest BCUT2D eigenvalue weighted by Crippen LogP contribution is -2.31. The Morgan fingerprint density at radius 2 is 1.78 bits per heavy atom. The van der Waals surface area contributed by atoms with Crippen LogP contribution in [-0.4, -0.2) is 73.0 Å². The summed E-state index contributed by atoms with van der Waals surface area (Å²) in [7, 11) is 0. The molecule has 2 aromatic rings. The number of carbonyl (C=O) groups excluding carboxylic acids is 2. The van der Waals surface area contributed by atoms with Crippen molar-refractivity contribution < 1.29 is 19.5 Å². The van der Waals surface area contributed by atoms with Crippen LogP contribution in [0.2, 0.25) is 5.02 Å². The number of carboxylic acid groups (broad SMARTS) is 1. The molecule has 1 aromatic carbocycles. The largest absolute Gasteiger partial charge is 0.483 e. The maximum absolute atomic E-state index is 11.4. The van der Waals surface area contributed by atoms with Gasteiger partial charge >= 0.3 is 0 Å². The summed E-state index contributed by atoms with van der Waals surface area (Å²) in [4.78, 5) is 37.1. The van der Waals surface area contributed by atoms with E-state index < -0.39 is 0 Å². The number of aromatic nitrogens is 1. The minimum Gasteiger partial charge on any atom is -0.483 e. The van der Waals surface area contributed by atoms with Gasteiger partial charge in [-0.2, -0.15) is 0 Å². The molecule has 4 N–H and O–H groups in total.